The van der Waals surface area contributed by atoms with E-state index in [4.69, 9.17) is 9.47 Å². The van der Waals surface area contributed by atoms with Gasteiger partial charge in [0.1, 0.15) is 4.11 Å². The van der Waals surface area contributed by atoms with Gasteiger partial charge in [0.05, 0.1) is 12.7 Å². The summed E-state index contributed by atoms with van der Waals surface area (Å²) in [5, 5.41) is 0. The van der Waals surface area contributed by atoms with Crippen molar-refractivity contribution in [3.05, 3.63) is 0 Å². The monoisotopic (exact) mass is 310 g/mol. The highest BCUT2D eigenvalue weighted by molar-refractivity contribution is 14.1. The highest BCUT2D eigenvalue weighted by Crippen LogP contribution is 2.31. The van der Waals surface area contributed by atoms with E-state index in [9.17, 15) is 0 Å². The molecule has 2 aliphatic rings. The second kappa shape index (κ2) is 5.12. The Hall–Kier alpha value is 0.650. The van der Waals surface area contributed by atoms with E-state index in [-0.39, 0.29) is 0 Å². The minimum atomic E-state index is 0.436. The van der Waals surface area contributed by atoms with Crippen LogP contribution in [0.15, 0.2) is 0 Å². The van der Waals surface area contributed by atoms with Crippen LogP contribution in [0.5, 0.6) is 0 Å². The first kappa shape index (κ1) is 11.1. The third-order valence-electron chi connectivity index (χ3n) is 3.32. The number of ether oxygens (including phenoxy) is 2. The highest BCUT2D eigenvalue weighted by atomic mass is 127. The molecule has 0 amide bonds. The summed E-state index contributed by atoms with van der Waals surface area (Å²) < 4.78 is 12.0. The molecule has 0 N–H and O–H groups in total. The Morgan fingerprint density at radius 3 is 2.43 bits per heavy atom. The van der Waals surface area contributed by atoms with E-state index < -0.39 is 0 Å². The molecule has 0 spiro atoms. The lowest BCUT2D eigenvalue weighted by Crippen LogP contribution is -2.36. The molecule has 2 nitrogen and oxygen atoms in total. The maximum absolute atomic E-state index is 5.88. The summed E-state index contributed by atoms with van der Waals surface area (Å²) in [6, 6.07) is 0. The third-order valence-corrected chi connectivity index (χ3v) is 4.30. The first-order valence-electron chi connectivity index (χ1n) is 5.63. The molecule has 0 aromatic heterocycles. The molecule has 2 fully saturated rings. The van der Waals surface area contributed by atoms with Crippen molar-refractivity contribution in [3.63, 3.8) is 0 Å². The van der Waals surface area contributed by atoms with E-state index in [1.807, 2.05) is 0 Å². The number of rotatable bonds is 1. The van der Waals surface area contributed by atoms with Gasteiger partial charge in [-0.3, -0.25) is 0 Å². The van der Waals surface area contributed by atoms with E-state index in [1.165, 1.54) is 25.7 Å². The number of halogens is 1. The average molecular weight is 310 g/mol. The Balaban J connectivity index is 1.78. The van der Waals surface area contributed by atoms with Crippen molar-refractivity contribution in [1.82, 2.24) is 0 Å². The molecule has 0 saturated carbocycles. The Morgan fingerprint density at radius 2 is 1.86 bits per heavy atom. The molecule has 82 valence electrons. The van der Waals surface area contributed by atoms with Gasteiger partial charge in [-0.15, -0.1) is 0 Å². The Kier molecular flexibility index (Phi) is 4.08. The van der Waals surface area contributed by atoms with Gasteiger partial charge in [0.2, 0.25) is 0 Å². The standard InChI is InChI=1S/C11H19IO2/c1-8-2-4-10(13-6-8)9-3-5-11(12)14-7-9/h8-11H,2-7H2,1H3. The number of hydrogen-bond donors (Lipinski definition) is 0. The third kappa shape index (κ3) is 2.83. The van der Waals surface area contributed by atoms with Crippen molar-refractivity contribution in [1.29, 1.82) is 0 Å². The molecule has 0 aromatic carbocycles. The fourth-order valence-corrected chi connectivity index (χ4v) is 2.88. The van der Waals surface area contributed by atoms with Crippen molar-refractivity contribution in [2.75, 3.05) is 13.2 Å². The van der Waals surface area contributed by atoms with E-state index in [1.54, 1.807) is 0 Å². The zero-order valence-electron chi connectivity index (χ0n) is 8.75. The summed E-state index contributed by atoms with van der Waals surface area (Å²) in [5.74, 6) is 1.42. The van der Waals surface area contributed by atoms with Crippen LogP contribution in [-0.2, 0) is 9.47 Å². The molecular formula is C11H19IO2. The molecule has 4 unspecified atom stereocenters. The summed E-state index contributed by atoms with van der Waals surface area (Å²) in [6.07, 6.45) is 5.53. The molecule has 2 heterocycles. The molecule has 0 radical (unpaired) electrons. The van der Waals surface area contributed by atoms with Gasteiger partial charge in [-0.05, 0) is 31.6 Å². The van der Waals surface area contributed by atoms with Crippen LogP contribution >= 0.6 is 22.6 Å². The summed E-state index contributed by atoms with van der Waals surface area (Å²) in [4.78, 5) is 0. The van der Waals surface area contributed by atoms with Gasteiger partial charge in [0.25, 0.3) is 0 Å². The average Bonchev–Trinajstić information content (AvgIpc) is 2.21. The zero-order valence-corrected chi connectivity index (χ0v) is 10.9. The van der Waals surface area contributed by atoms with Crippen LogP contribution < -0.4 is 0 Å². The SMILES string of the molecule is CC1CCC(C2CCC(I)OC2)OC1. The molecule has 2 saturated heterocycles. The normalized spacial score (nSPS) is 45.0. The molecule has 2 rings (SSSR count). The largest absolute Gasteiger partial charge is 0.378 e. The van der Waals surface area contributed by atoms with Gasteiger partial charge in [-0.2, -0.15) is 0 Å². The van der Waals surface area contributed by atoms with Gasteiger partial charge < -0.3 is 9.47 Å². The van der Waals surface area contributed by atoms with E-state index >= 15 is 0 Å². The predicted octanol–water partition coefficient (Wildman–Crippen LogP) is 2.99. The lowest BCUT2D eigenvalue weighted by Gasteiger charge is -2.36. The minimum Gasteiger partial charge on any atom is -0.378 e. The maximum atomic E-state index is 5.88. The fourth-order valence-electron chi connectivity index (χ4n) is 2.31. The molecule has 0 aromatic rings. The van der Waals surface area contributed by atoms with Crippen molar-refractivity contribution >= 4 is 22.6 Å². The summed E-state index contributed by atoms with van der Waals surface area (Å²) in [6.45, 7) is 4.13. The van der Waals surface area contributed by atoms with Gasteiger partial charge in [-0.25, -0.2) is 0 Å². The molecule has 2 aliphatic heterocycles. The Morgan fingerprint density at radius 1 is 1.00 bits per heavy atom. The topological polar surface area (TPSA) is 18.5 Å². The summed E-state index contributed by atoms with van der Waals surface area (Å²) in [5.41, 5.74) is 0. The zero-order chi connectivity index (χ0) is 9.97. The van der Waals surface area contributed by atoms with Crippen molar-refractivity contribution in [3.8, 4) is 0 Å². The Bertz CT molecular complexity index is 150. The number of alkyl halides is 1. The molecule has 0 aliphatic carbocycles. The second-order valence-electron chi connectivity index (χ2n) is 4.64. The molecular weight excluding hydrogens is 291 g/mol. The van der Waals surface area contributed by atoms with Crippen LogP contribution in [0.1, 0.15) is 32.6 Å². The van der Waals surface area contributed by atoms with Crippen LogP contribution in [0.3, 0.4) is 0 Å². The van der Waals surface area contributed by atoms with Crippen molar-refractivity contribution in [2.24, 2.45) is 11.8 Å². The first-order valence-corrected chi connectivity index (χ1v) is 6.87. The van der Waals surface area contributed by atoms with E-state index in [0.717, 1.165) is 19.1 Å². The minimum absolute atomic E-state index is 0.436. The van der Waals surface area contributed by atoms with Gasteiger partial charge >= 0.3 is 0 Å². The van der Waals surface area contributed by atoms with Crippen LogP contribution in [0.2, 0.25) is 0 Å². The predicted molar refractivity (Wildman–Crippen MR) is 64.6 cm³/mol. The lowest BCUT2D eigenvalue weighted by molar-refractivity contribution is -0.0835. The fraction of sp³-hybridized carbons (Fsp3) is 1.00. The molecule has 4 atom stereocenters. The van der Waals surface area contributed by atoms with E-state index in [2.05, 4.69) is 29.5 Å². The smallest absolute Gasteiger partial charge is 0.108 e. The quantitative estimate of drug-likeness (QED) is 0.547. The molecule has 3 heteroatoms. The maximum Gasteiger partial charge on any atom is 0.108 e. The van der Waals surface area contributed by atoms with Gasteiger partial charge in [-0.1, -0.05) is 29.5 Å². The first-order chi connectivity index (χ1) is 6.75. The summed E-state index contributed by atoms with van der Waals surface area (Å²) >= 11 is 2.38. The Labute approximate surface area is 99.9 Å². The second-order valence-corrected chi connectivity index (χ2v) is 6.02. The van der Waals surface area contributed by atoms with Crippen LogP contribution in [-0.4, -0.2) is 23.4 Å². The molecule has 14 heavy (non-hydrogen) atoms. The lowest BCUT2D eigenvalue weighted by atomic mass is 9.89. The van der Waals surface area contributed by atoms with Crippen LogP contribution in [0, 0.1) is 11.8 Å². The van der Waals surface area contributed by atoms with Crippen molar-refractivity contribution in [2.45, 2.75) is 42.8 Å². The van der Waals surface area contributed by atoms with E-state index in [0.29, 0.717) is 16.1 Å². The van der Waals surface area contributed by atoms with Crippen molar-refractivity contribution < 1.29 is 9.47 Å². The van der Waals surface area contributed by atoms with Crippen LogP contribution in [0.4, 0.5) is 0 Å². The number of hydrogen-bond acceptors (Lipinski definition) is 2. The summed E-state index contributed by atoms with van der Waals surface area (Å²) in [7, 11) is 0. The highest BCUT2D eigenvalue weighted by Gasteiger charge is 2.30. The van der Waals surface area contributed by atoms with Crippen LogP contribution in [0.25, 0.3) is 0 Å². The molecule has 0 bridgehead atoms. The van der Waals surface area contributed by atoms with Gasteiger partial charge in [0.15, 0.2) is 0 Å². The van der Waals surface area contributed by atoms with Gasteiger partial charge in [0, 0.05) is 12.5 Å².